The maximum Gasteiger partial charge on any atom is 0.257 e. The van der Waals surface area contributed by atoms with Gasteiger partial charge in [-0.2, -0.15) is 0 Å². The van der Waals surface area contributed by atoms with Crippen molar-refractivity contribution in [3.05, 3.63) is 30.0 Å². The molecule has 0 N–H and O–H groups in total. The second-order valence-electron chi connectivity index (χ2n) is 9.37. The summed E-state index contributed by atoms with van der Waals surface area (Å²) in [6, 6.07) is 4.50. The van der Waals surface area contributed by atoms with Crippen LogP contribution in [-0.2, 0) is 19.7 Å². The van der Waals surface area contributed by atoms with Crippen molar-refractivity contribution in [1.29, 1.82) is 0 Å². The third kappa shape index (κ3) is 6.20. The summed E-state index contributed by atoms with van der Waals surface area (Å²) < 4.78 is 55.7. The van der Waals surface area contributed by atoms with E-state index in [2.05, 4.69) is 4.98 Å². The molecule has 4 rings (SSSR count). The van der Waals surface area contributed by atoms with E-state index in [9.17, 15) is 21.6 Å². The highest BCUT2D eigenvalue weighted by Gasteiger charge is 2.29. The molecule has 2 heterocycles. The van der Waals surface area contributed by atoms with Crippen molar-refractivity contribution in [3.63, 3.8) is 0 Å². The Morgan fingerprint density at radius 3 is 2.44 bits per heavy atom. The zero-order valence-corrected chi connectivity index (χ0v) is 23.1. The van der Waals surface area contributed by atoms with Gasteiger partial charge in [0.1, 0.15) is 9.96 Å². The predicted octanol–water partition coefficient (Wildman–Crippen LogP) is 3.40. The van der Waals surface area contributed by atoms with Crippen molar-refractivity contribution in [2.75, 3.05) is 43.1 Å². The monoisotopic (exact) mass is 555 g/mol. The standard InChI is InChI=1S/C24H33N3O6S3/c1-3-4-15-36(31,32)22-17-25-24(34-22)27-13-11-26(12-14-27)23(28)20-16-19(35(2,29)30)9-10-21(20)33-18-7-5-6-8-18/h9-10,16-18H,3-8,11-15H2,1-2H3. The lowest BCUT2D eigenvalue weighted by Gasteiger charge is -2.35. The quantitative estimate of drug-likeness (QED) is 0.463. The first kappa shape index (κ1) is 26.9. The Bertz CT molecular complexity index is 1290. The number of carbonyl (C=O) groups is 1. The van der Waals surface area contributed by atoms with Gasteiger partial charge in [0, 0.05) is 32.4 Å². The van der Waals surface area contributed by atoms with Crippen molar-refractivity contribution in [1.82, 2.24) is 9.88 Å². The largest absolute Gasteiger partial charge is 0.490 e. The van der Waals surface area contributed by atoms with E-state index >= 15 is 0 Å². The smallest absolute Gasteiger partial charge is 0.257 e. The number of benzene rings is 1. The van der Waals surface area contributed by atoms with E-state index in [1.807, 2.05) is 11.8 Å². The summed E-state index contributed by atoms with van der Waals surface area (Å²) in [5.41, 5.74) is 0.261. The number of anilines is 1. The van der Waals surface area contributed by atoms with Gasteiger partial charge in [-0.25, -0.2) is 21.8 Å². The maximum atomic E-state index is 13.5. The minimum absolute atomic E-state index is 0.0326. The van der Waals surface area contributed by atoms with E-state index < -0.39 is 19.7 Å². The summed E-state index contributed by atoms with van der Waals surface area (Å²) in [5, 5.41) is 0.626. The molecule has 0 radical (unpaired) electrons. The minimum atomic E-state index is -3.48. The van der Waals surface area contributed by atoms with Crippen LogP contribution >= 0.6 is 11.3 Å². The number of ether oxygens (including phenoxy) is 1. The Kier molecular flexibility index (Phi) is 8.25. The Hall–Kier alpha value is -2.18. The van der Waals surface area contributed by atoms with Crippen LogP contribution in [-0.4, -0.2) is 76.9 Å². The van der Waals surface area contributed by atoms with Gasteiger partial charge in [0.2, 0.25) is 0 Å². The van der Waals surface area contributed by atoms with Crippen molar-refractivity contribution >= 4 is 42.1 Å². The molecule has 1 saturated heterocycles. The van der Waals surface area contributed by atoms with Gasteiger partial charge in [-0.05, 0) is 50.3 Å². The van der Waals surface area contributed by atoms with Crippen LogP contribution < -0.4 is 9.64 Å². The van der Waals surface area contributed by atoms with Gasteiger partial charge in [0.25, 0.3) is 5.91 Å². The van der Waals surface area contributed by atoms with Crippen molar-refractivity contribution in [2.45, 2.75) is 60.7 Å². The first-order chi connectivity index (χ1) is 17.1. The highest BCUT2D eigenvalue weighted by molar-refractivity contribution is 7.93. The third-order valence-corrected chi connectivity index (χ3v) is 11.1. The fourth-order valence-electron chi connectivity index (χ4n) is 4.44. The van der Waals surface area contributed by atoms with Gasteiger partial charge < -0.3 is 14.5 Å². The first-order valence-electron chi connectivity index (χ1n) is 12.3. The zero-order chi connectivity index (χ0) is 25.9. The highest BCUT2D eigenvalue weighted by Crippen LogP contribution is 2.31. The number of piperazine rings is 1. The van der Waals surface area contributed by atoms with Gasteiger partial charge in [-0.15, -0.1) is 0 Å². The van der Waals surface area contributed by atoms with E-state index in [0.717, 1.165) is 49.7 Å². The van der Waals surface area contributed by atoms with Crippen molar-refractivity contribution in [3.8, 4) is 5.75 Å². The molecule has 2 aromatic rings. The lowest BCUT2D eigenvalue weighted by atomic mass is 10.1. The molecule has 0 unspecified atom stereocenters. The number of nitrogens with zero attached hydrogens (tertiary/aromatic N) is 3. The molecule has 0 atom stereocenters. The molecule has 2 fully saturated rings. The predicted molar refractivity (Wildman–Crippen MR) is 140 cm³/mol. The van der Waals surface area contributed by atoms with E-state index in [0.29, 0.717) is 43.5 Å². The Morgan fingerprint density at radius 1 is 1.11 bits per heavy atom. The third-order valence-electron chi connectivity index (χ3n) is 6.59. The molecule has 0 spiro atoms. The summed E-state index contributed by atoms with van der Waals surface area (Å²) in [7, 11) is -6.81. The fraction of sp³-hybridized carbons (Fsp3) is 0.583. The SMILES string of the molecule is CCCCS(=O)(=O)c1cnc(N2CCN(C(=O)c3cc(S(C)(=O)=O)ccc3OC3CCCC3)CC2)s1. The van der Waals surface area contributed by atoms with Gasteiger partial charge in [-0.3, -0.25) is 4.79 Å². The number of hydrogen-bond donors (Lipinski definition) is 0. The molecule has 2 aliphatic rings. The van der Waals surface area contributed by atoms with Crippen molar-refractivity contribution < 1.29 is 26.4 Å². The van der Waals surface area contributed by atoms with Crippen LogP contribution in [0, 0.1) is 0 Å². The molecule has 1 aliphatic heterocycles. The molecule has 1 aromatic carbocycles. The molecular formula is C24H33N3O6S3. The topological polar surface area (TPSA) is 114 Å². The fourth-order valence-corrected chi connectivity index (χ4v) is 7.86. The van der Waals surface area contributed by atoms with Crippen LogP contribution in [0.15, 0.2) is 33.5 Å². The molecular weight excluding hydrogens is 522 g/mol. The Balaban J connectivity index is 1.47. The summed E-state index contributed by atoms with van der Waals surface area (Å²) in [6.45, 7) is 3.76. The molecule has 1 saturated carbocycles. The molecule has 1 aromatic heterocycles. The number of thiazole rings is 1. The molecule has 198 valence electrons. The minimum Gasteiger partial charge on any atom is -0.490 e. The highest BCUT2D eigenvalue weighted by atomic mass is 32.2. The molecule has 9 nitrogen and oxygen atoms in total. The number of rotatable bonds is 9. The lowest BCUT2D eigenvalue weighted by Crippen LogP contribution is -2.48. The molecule has 0 bridgehead atoms. The number of carbonyl (C=O) groups excluding carboxylic acids is 1. The number of hydrogen-bond acceptors (Lipinski definition) is 9. The number of aromatic nitrogens is 1. The van der Waals surface area contributed by atoms with Crippen LogP contribution in [0.5, 0.6) is 5.75 Å². The summed E-state index contributed by atoms with van der Waals surface area (Å²) in [4.78, 5) is 21.6. The average molecular weight is 556 g/mol. The van der Waals surface area contributed by atoms with Crippen LogP contribution in [0.1, 0.15) is 55.8 Å². The van der Waals surface area contributed by atoms with Gasteiger partial charge in [0.05, 0.1) is 28.5 Å². The Morgan fingerprint density at radius 2 is 1.81 bits per heavy atom. The van der Waals surface area contributed by atoms with Gasteiger partial charge in [-0.1, -0.05) is 24.7 Å². The van der Waals surface area contributed by atoms with Crippen LogP contribution in [0.25, 0.3) is 0 Å². The van der Waals surface area contributed by atoms with E-state index in [-0.39, 0.29) is 32.4 Å². The second-order valence-corrected chi connectivity index (χ2v) is 14.7. The van der Waals surface area contributed by atoms with Crippen LogP contribution in [0.2, 0.25) is 0 Å². The van der Waals surface area contributed by atoms with E-state index in [1.54, 1.807) is 11.0 Å². The van der Waals surface area contributed by atoms with E-state index in [1.165, 1.54) is 18.3 Å². The van der Waals surface area contributed by atoms with Gasteiger partial charge >= 0.3 is 0 Å². The van der Waals surface area contributed by atoms with Gasteiger partial charge in [0.15, 0.2) is 24.8 Å². The average Bonchev–Trinajstić information content (AvgIpc) is 3.55. The lowest BCUT2D eigenvalue weighted by molar-refractivity contribution is 0.0739. The van der Waals surface area contributed by atoms with Crippen LogP contribution in [0.3, 0.4) is 0 Å². The molecule has 1 aliphatic carbocycles. The first-order valence-corrected chi connectivity index (χ1v) is 16.7. The van der Waals surface area contributed by atoms with Crippen molar-refractivity contribution in [2.24, 2.45) is 0 Å². The number of unbranched alkanes of at least 4 members (excludes halogenated alkanes) is 1. The summed E-state index contributed by atoms with van der Waals surface area (Å²) in [5.74, 6) is 0.268. The summed E-state index contributed by atoms with van der Waals surface area (Å²) in [6.07, 6.45) is 8.00. The zero-order valence-electron chi connectivity index (χ0n) is 20.7. The van der Waals surface area contributed by atoms with Crippen LogP contribution in [0.4, 0.5) is 5.13 Å². The maximum absolute atomic E-state index is 13.5. The second kappa shape index (κ2) is 11.1. The van der Waals surface area contributed by atoms with E-state index in [4.69, 9.17) is 4.74 Å². The molecule has 12 heteroatoms. The molecule has 1 amide bonds. The normalized spacial score (nSPS) is 17.5. The number of amides is 1. The summed E-state index contributed by atoms with van der Waals surface area (Å²) >= 11 is 1.16. The number of sulfone groups is 2. The molecule has 36 heavy (non-hydrogen) atoms. The Labute approximate surface area is 217 Å².